The van der Waals surface area contributed by atoms with E-state index in [4.69, 9.17) is 5.73 Å². The van der Waals surface area contributed by atoms with Crippen molar-refractivity contribution in [2.45, 2.75) is 13.3 Å². The standard InChI is InChI=1S/C14H16N2/c1-11-3-2-4-12(9-11)13-6-8-16-14(10-13)5-7-15/h2-4,6,8-10H,5,7,15H2,1H3. The quantitative estimate of drug-likeness (QED) is 0.849. The summed E-state index contributed by atoms with van der Waals surface area (Å²) in [6.45, 7) is 2.75. The number of nitrogens with zero attached hydrogens (tertiary/aromatic N) is 1. The molecule has 0 saturated carbocycles. The molecule has 0 atom stereocenters. The fraction of sp³-hybridized carbons (Fsp3) is 0.214. The Labute approximate surface area is 96.1 Å². The summed E-state index contributed by atoms with van der Waals surface area (Å²) in [5, 5.41) is 0. The van der Waals surface area contributed by atoms with Crippen LogP contribution in [0.25, 0.3) is 11.1 Å². The van der Waals surface area contributed by atoms with Crippen molar-refractivity contribution < 1.29 is 0 Å². The van der Waals surface area contributed by atoms with Crippen LogP contribution in [0, 0.1) is 6.92 Å². The zero-order valence-corrected chi connectivity index (χ0v) is 9.48. The second-order valence-electron chi connectivity index (χ2n) is 3.94. The molecule has 1 heterocycles. The highest BCUT2D eigenvalue weighted by Crippen LogP contribution is 2.20. The number of aryl methyl sites for hydroxylation is 1. The third-order valence-electron chi connectivity index (χ3n) is 2.57. The van der Waals surface area contributed by atoms with Crippen LogP contribution in [0.15, 0.2) is 42.6 Å². The van der Waals surface area contributed by atoms with Gasteiger partial charge in [0.2, 0.25) is 0 Å². The molecule has 2 rings (SSSR count). The zero-order valence-electron chi connectivity index (χ0n) is 9.48. The van der Waals surface area contributed by atoms with Crippen molar-refractivity contribution in [3.8, 4) is 11.1 Å². The van der Waals surface area contributed by atoms with E-state index in [0.29, 0.717) is 6.54 Å². The summed E-state index contributed by atoms with van der Waals surface area (Å²) in [4.78, 5) is 4.30. The fourth-order valence-corrected chi connectivity index (χ4v) is 1.77. The van der Waals surface area contributed by atoms with Crippen molar-refractivity contribution in [3.63, 3.8) is 0 Å². The van der Waals surface area contributed by atoms with Crippen LogP contribution in [0.1, 0.15) is 11.3 Å². The largest absolute Gasteiger partial charge is 0.330 e. The maximum absolute atomic E-state index is 5.53. The molecule has 2 aromatic rings. The molecule has 0 saturated heterocycles. The van der Waals surface area contributed by atoms with Crippen molar-refractivity contribution >= 4 is 0 Å². The van der Waals surface area contributed by atoms with E-state index in [-0.39, 0.29) is 0 Å². The first-order valence-corrected chi connectivity index (χ1v) is 5.51. The maximum atomic E-state index is 5.53. The molecule has 2 nitrogen and oxygen atoms in total. The molecule has 0 amide bonds. The Bertz CT molecular complexity index is 478. The van der Waals surface area contributed by atoms with E-state index in [0.717, 1.165) is 12.1 Å². The van der Waals surface area contributed by atoms with Gasteiger partial charge in [-0.2, -0.15) is 0 Å². The highest BCUT2D eigenvalue weighted by molar-refractivity contribution is 5.64. The van der Waals surface area contributed by atoms with Crippen LogP contribution >= 0.6 is 0 Å². The highest BCUT2D eigenvalue weighted by Gasteiger charge is 2.00. The van der Waals surface area contributed by atoms with E-state index in [1.807, 2.05) is 12.3 Å². The molecule has 0 aliphatic rings. The minimum Gasteiger partial charge on any atom is -0.330 e. The Morgan fingerprint density at radius 2 is 1.94 bits per heavy atom. The van der Waals surface area contributed by atoms with Gasteiger partial charge in [-0.3, -0.25) is 4.98 Å². The molecule has 1 aromatic carbocycles. The SMILES string of the molecule is Cc1cccc(-c2ccnc(CCN)c2)c1. The van der Waals surface area contributed by atoms with Gasteiger partial charge in [0.15, 0.2) is 0 Å². The second kappa shape index (κ2) is 4.90. The molecule has 0 unspecified atom stereocenters. The van der Waals surface area contributed by atoms with Crippen molar-refractivity contribution in [2.75, 3.05) is 6.54 Å². The molecule has 0 aliphatic carbocycles. The fourth-order valence-electron chi connectivity index (χ4n) is 1.77. The van der Waals surface area contributed by atoms with E-state index in [1.54, 1.807) is 0 Å². The molecule has 0 spiro atoms. The first-order valence-electron chi connectivity index (χ1n) is 5.51. The van der Waals surface area contributed by atoms with E-state index in [9.17, 15) is 0 Å². The molecule has 0 radical (unpaired) electrons. The lowest BCUT2D eigenvalue weighted by Gasteiger charge is -2.04. The van der Waals surface area contributed by atoms with E-state index < -0.39 is 0 Å². The lowest BCUT2D eigenvalue weighted by molar-refractivity contribution is 0.924. The Hall–Kier alpha value is -1.67. The van der Waals surface area contributed by atoms with Gasteiger partial charge in [0.05, 0.1) is 0 Å². The summed E-state index contributed by atoms with van der Waals surface area (Å²) in [7, 11) is 0. The zero-order chi connectivity index (χ0) is 11.4. The van der Waals surface area contributed by atoms with Gasteiger partial charge in [-0.1, -0.05) is 29.8 Å². The van der Waals surface area contributed by atoms with Gasteiger partial charge in [0.25, 0.3) is 0 Å². The third kappa shape index (κ3) is 2.47. The van der Waals surface area contributed by atoms with Crippen LogP contribution in [0.4, 0.5) is 0 Å². The van der Waals surface area contributed by atoms with Gasteiger partial charge in [-0.25, -0.2) is 0 Å². The lowest BCUT2D eigenvalue weighted by atomic mass is 10.0. The van der Waals surface area contributed by atoms with Crippen molar-refractivity contribution in [3.05, 3.63) is 53.9 Å². The number of hydrogen-bond donors (Lipinski definition) is 1. The molecule has 16 heavy (non-hydrogen) atoms. The van der Waals surface area contributed by atoms with Crippen LogP contribution in [0.3, 0.4) is 0 Å². The van der Waals surface area contributed by atoms with Gasteiger partial charge in [0.1, 0.15) is 0 Å². The minimum absolute atomic E-state index is 0.643. The lowest BCUT2D eigenvalue weighted by Crippen LogP contribution is -2.04. The van der Waals surface area contributed by atoms with Crippen LogP contribution in [-0.4, -0.2) is 11.5 Å². The first kappa shape index (κ1) is 10.8. The van der Waals surface area contributed by atoms with Gasteiger partial charge in [0, 0.05) is 18.3 Å². The molecule has 2 heteroatoms. The summed E-state index contributed by atoms with van der Waals surface area (Å²) in [5.74, 6) is 0. The molecule has 0 bridgehead atoms. The number of rotatable bonds is 3. The average molecular weight is 212 g/mol. The summed E-state index contributed by atoms with van der Waals surface area (Å²) in [6, 6.07) is 12.6. The van der Waals surface area contributed by atoms with Gasteiger partial charge in [-0.15, -0.1) is 0 Å². The van der Waals surface area contributed by atoms with E-state index in [2.05, 4.69) is 42.2 Å². The van der Waals surface area contributed by atoms with Gasteiger partial charge >= 0.3 is 0 Å². The molecule has 2 N–H and O–H groups in total. The molecule has 82 valence electrons. The van der Waals surface area contributed by atoms with Gasteiger partial charge in [-0.05, 0) is 36.7 Å². The van der Waals surface area contributed by atoms with Crippen LogP contribution in [0.5, 0.6) is 0 Å². The Balaban J connectivity index is 2.36. The minimum atomic E-state index is 0.643. The van der Waals surface area contributed by atoms with Crippen molar-refractivity contribution in [2.24, 2.45) is 5.73 Å². The van der Waals surface area contributed by atoms with E-state index >= 15 is 0 Å². The first-order chi connectivity index (χ1) is 7.79. The topological polar surface area (TPSA) is 38.9 Å². The third-order valence-corrected chi connectivity index (χ3v) is 2.57. The number of benzene rings is 1. The maximum Gasteiger partial charge on any atom is 0.0422 e. The summed E-state index contributed by atoms with van der Waals surface area (Å²) < 4.78 is 0. The normalized spacial score (nSPS) is 10.4. The Morgan fingerprint density at radius 3 is 2.69 bits per heavy atom. The smallest absolute Gasteiger partial charge is 0.0422 e. The van der Waals surface area contributed by atoms with Crippen LogP contribution < -0.4 is 5.73 Å². The molecular weight excluding hydrogens is 196 g/mol. The average Bonchev–Trinajstić information content (AvgIpc) is 2.30. The van der Waals surface area contributed by atoms with Crippen LogP contribution in [0.2, 0.25) is 0 Å². The highest BCUT2D eigenvalue weighted by atomic mass is 14.7. The van der Waals surface area contributed by atoms with Crippen molar-refractivity contribution in [1.82, 2.24) is 4.98 Å². The van der Waals surface area contributed by atoms with Gasteiger partial charge < -0.3 is 5.73 Å². The summed E-state index contributed by atoms with van der Waals surface area (Å²) in [5.41, 5.74) is 10.3. The van der Waals surface area contributed by atoms with Crippen molar-refractivity contribution in [1.29, 1.82) is 0 Å². The predicted molar refractivity (Wildman–Crippen MR) is 67.2 cm³/mol. The van der Waals surface area contributed by atoms with E-state index in [1.165, 1.54) is 16.7 Å². The molecular formula is C14H16N2. The number of aromatic nitrogens is 1. The summed E-state index contributed by atoms with van der Waals surface area (Å²) >= 11 is 0. The van der Waals surface area contributed by atoms with Crippen LogP contribution in [-0.2, 0) is 6.42 Å². The Kier molecular flexibility index (Phi) is 3.32. The second-order valence-corrected chi connectivity index (χ2v) is 3.94. The number of hydrogen-bond acceptors (Lipinski definition) is 2. The molecule has 1 aromatic heterocycles. The molecule has 0 fully saturated rings. The monoisotopic (exact) mass is 212 g/mol. The number of pyridine rings is 1. The predicted octanol–water partition coefficient (Wildman–Crippen LogP) is 2.56. The summed E-state index contributed by atoms with van der Waals surface area (Å²) in [6.07, 6.45) is 2.68. The molecule has 0 aliphatic heterocycles. The Morgan fingerprint density at radius 1 is 1.12 bits per heavy atom. The number of nitrogens with two attached hydrogens (primary N) is 1.